The number of rotatable bonds is 6. The van der Waals surface area contributed by atoms with E-state index >= 15 is 0 Å². The molecule has 0 saturated heterocycles. The number of aromatic nitrogens is 2. The highest BCUT2D eigenvalue weighted by Gasteiger charge is 2.19. The average molecular weight is 416 g/mol. The monoisotopic (exact) mass is 415 g/mol. The molecule has 3 rings (SSSR count). The molecule has 0 aliphatic rings. The van der Waals surface area contributed by atoms with Gasteiger partial charge in [-0.1, -0.05) is 62.9 Å². The van der Waals surface area contributed by atoms with E-state index in [9.17, 15) is 4.79 Å². The van der Waals surface area contributed by atoms with Crippen molar-refractivity contribution in [1.82, 2.24) is 14.9 Å². The highest BCUT2D eigenvalue weighted by molar-refractivity contribution is 9.10. The molecule has 25 heavy (non-hydrogen) atoms. The van der Waals surface area contributed by atoms with E-state index in [1.54, 1.807) is 0 Å². The minimum atomic E-state index is -0.117. The molecular formula is C19H18BrN3OS. The molecule has 6 heteroatoms. The molecule has 1 amide bonds. The third-order valence-corrected chi connectivity index (χ3v) is 5.15. The summed E-state index contributed by atoms with van der Waals surface area (Å²) in [6.07, 6.45) is 1.82. The Hall–Kier alpha value is -2.05. The van der Waals surface area contributed by atoms with E-state index in [1.807, 2.05) is 49.4 Å². The van der Waals surface area contributed by atoms with Crippen LogP contribution in [0.3, 0.4) is 0 Å². The summed E-state index contributed by atoms with van der Waals surface area (Å²) >= 11 is 4.54. The molecule has 1 atom stereocenters. The van der Waals surface area contributed by atoms with Crippen LogP contribution in [-0.4, -0.2) is 21.5 Å². The van der Waals surface area contributed by atoms with Gasteiger partial charge in [0.05, 0.1) is 0 Å². The maximum Gasteiger partial charge on any atom is 0.265 e. The molecule has 128 valence electrons. The predicted octanol–water partition coefficient (Wildman–Crippen LogP) is 4.72. The van der Waals surface area contributed by atoms with Crippen LogP contribution in [0.2, 0.25) is 0 Å². The van der Waals surface area contributed by atoms with E-state index < -0.39 is 0 Å². The summed E-state index contributed by atoms with van der Waals surface area (Å²) in [5.74, 6) is -0.117. The Kier molecular flexibility index (Phi) is 5.94. The second-order valence-corrected chi connectivity index (χ2v) is 7.53. The van der Waals surface area contributed by atoms with Crippen LogP contribution in [0.5, 0.6) is 0 Å². The van der Waals surface area contributed by atoms with E-state index in [4.69, 9.17) is 0 Å². The fourth-order valence-electron chi connectivity index (χ4n) is 2.53. The van der Waals surface area contributed by atoms with Gasteiger partial charge < -0.3 is 5.32 Å². The fourth-order valence-corrected chi connectivity index (χ4v) is 3.38. The van der Waals surface area contributed by atoms with Crippen LogP contribution in [0.15, 0.2) is 59.1 Å². The third kappa shape index (κ3) is 4.74. The van der Waals surface area contributed by atoms with Crippen LogP contribution in [0.4, 0.5) is 0 Å². The number of nitrogens with zero attached hydrogens (tertiary/aromatic N) is 2. The lowest BCUT2D eigenvalue weighted by atomic mass is 10.1. The van der Waals surface area contributed by atoms with Crippen molar-refractivity contribution in [3.05, 3.63) is 69.5 Å². The van der Waals surface area contributed by atoms with Gasteiger partial charge in [0, 0.05) is 16.1 Å². The quantitative estimate of drug-likeness (QED) is 0.633. The zero-order chi connectivity index (χ0) is 17.6. The molecule has 3 aromatic rings. The minimum absolute atomic E-state index is 0.0765. The average Bonchev–Trinajstić information content (AvgIpc) is 3.11. The Labute approximate surface area is 159 Å². The number of halogens is 1. The van der Waals surface area contributed by atoms with Crippen LogP contribution >= 0.6 is 27.5 Å². The molecule has 0 radical (unpaired) electrons. The van der Waals surface area contributed by atoms with Crippen molar-refractivity contribution in [2.24, 2.45) is 0 Å². The van der Waals surface area contributed by atoms with E-state index in [-0.39, 0.29) is 11.9 Å². The van der Waals surface area contributed by atoms with Gasteiger partial charge in [0.2, 0.25) is 0 Å². The Bertz CT molecular complexity index is 833. The fraction of sp³-hybridized carbons (Fsp3) is 0.211. The Morgan fingerprint density at radius 2 is 1.88 bits per heavy atom. The molecule has 0 saturated carbocycles. The van der Waals surface area contributed by atoms with Crippen molar-refractivity contribution >= 4 is 33.4 Å². The predicted molar refractivity (Wildman–Crippen MR) is 105 cm³/mol. The highest BCUT2D eigenvalue weighted by Crippen LogP contribution is 2.25. The van der Waals surface area contributed by atoms with E-state index in [1.165, 1.54) is 5.56 Å². The van der Waals surface area contributed by atoms with Gasteiger partial charge in [-0.05, 0) is 49.0 Å². The first kappa shape index (κ1) is 17.8. The summed E-state index contributed by atoms with van der Waals surface area (Å²) in [5.41, 5.74) is 2.79. The van der Waals surface area contributed by atoms with E-state index in [2.05, 4.69) is 43.0 Å². The largest absolute Gasteiger partial charge is 0.349 e. The molecule has 0 unspecified atom stereocenters. The lowest BCUT2D eigenvalue weighted by Crippen LogP contribution is -2.32. The third-order valence-electron chi connectivity index (χ3n) is 3.90. The molecule has 0 spiro atoms. The number of amides is 1. The number of benzene rings is 2. The molecule has 1 heterocycles. The molecule has 0 aliphatic heterocycles. The highest BCUT2D eigenvalue weighted by atomic mass is 79.9. The topological polar surface area (TPSA) is 54.9 Å². The van der Waals surface area contributed by atoms with Gasteiger partial charge in [-0.25, -0.2) is 0 Å². The summed E-state index contributed by atoms with van der Waals surface area (Å²) in [7, 11) is 0. The summed E-state index contributed by atoms with van der Waals surface area (Å²) < 4.78 is 4.95. The lowest BCUT2D eigenvalue weighted by Gasteiger charge is -2.13. The standard InChI is InChI=1S/C19H18BrN3OS/c1-13(7-8-14-5-3-2-4-6-14)21-19(24)18-17(22-23-25-18)15-9-11-16(20)12-10-15/h2-6,9-13H,7-8H2,1H3,(H,21,24)/t13-/m1/s1. The van der Waals surface area contributed by atoms with E-state index in [0.29, 0.717) is 10.6 Å². The summed E-state index contributed by atoms with van der Waals surface area (Å²) in [5, 5.41) is 7.19. The van der Waals surface area contributed by atoms with Crippen LogP contribution < -0.4 is 5.32 Å². The van der Waals surface area contributed by atoms with Gasteiger partial charge >= 0.3 is 0 Å². The molecule has 0 bridgehead atoms. The van der Waals surface area contributed by atoms with Crippen molar-refractivity contribution in [2.75, 3.05) is 0 Å². The SMILES string of the molecule is C[C@H](CCc1ccccc1)NC(=O)c1snnc1-c1ccc(Br)cc1. The molecular weight excluding hydrogens is 398 g/mol. The Balaban J connectivity index is 1.63. The molecule has 0 fully saturated rings. The minimum Gasteiger partial charge on any atom is -0.349 e. The van der Waals surface area contributed by atoms with Gasteiger partial charge in [0.25, 0.3) is 5.91 Å². The number of nitrogens with one attached hydrogen (secondary N) is 1. The summed E-state index contributed by atoms with van der Waals surface area (Å²) in [4.78, 5) is 13.1. The number of hydrogen-bond donors (Lipinski definition) is 1. The van der Waals surface area contributed by atoms with Gasteiger partial charge in [-0.15, -0.1) is 5.10 Å². The number of aryl methyl sites for hydroxylation is 1. The van der Waals surface area contributed by atoms with Crippen LogP contribution in [-0.2, 0) is 6.42 Å². The van der Waals surface area contributed by atoms with Crippen molar-refractivity contribution in [1.29, 1.82) is 0 Å². The summed E-state index contributed by atoms with van der Waals surface area (Å²) in [6.45, 7) is 2.02. The van der Waals surface area contributed by atoms with Gasteiger partial charge in [-0.3, -0.25) is 4.79 Å². The van der Waals surface area contributed by atoms with Gasteiger partial charge in [0.15, 0.2) is 0 Å². The van der Waals surface area contributed by atoms with Gasteiger partial charge in [-0.2, -0.15) is 0 Å². The maximum atomic E-state index is 12.6. The second-order valence-electron chi connectivity index (χ2n) is 5.86. The molecule has 4 nitrogen and oxygen atoms in total. The molecule has 1 aromatic heterocycles. The number of carbonyl (C=O) groups is 1. The number of carbonyl (C=O) groups excluding carboxylic acids is 1. The summed E-state index contributed by atoms with van der Waals surface area (Å²) in [6, 6.07) is 18.1. The molecule has 0 aliphatic carbocycles. The first-order valence-electron chi connectivity index (χ1n) is 8.06. The van der Waals surface area contributed by atoms with Crippen LogP contribution in [0, 0.1) is 0 Å². The van der Waals surface area contributed by atoms with Crippen LogP contribution in [0.25, 0.3) is 11.3 Å². The van der Waals surface area contributed by atoms with Crippen LogP contribution in [0.1, 0.15) is 28.6 Å². The zero-order valence-electron chi connectivity index (χ0n) is 13.8. The first-order chi connectivity index (χ1) is 12.1. The number of hydrogen-bond acceptors (Lipinski definition) is 4. The zero-order valence-corrected chi connectivity index (χ0v) is 16.2. The van der Waals surface area contributed by atoms with E-state index in [0.717, 1.165) is 34.4 Å². The lowest BCUT2D eigenvalue weighted by molar-refractivity contribution is 0.0943. The molecule has 1 N–H and O–H groups in total. The van der Waals surface area contributed by atoms with Crippen molar-refractivity contribution in [2.45, 2.75) is 25.8 Å². The first-order valence-corrected chi connectivity index (χ1v) is 9.63. The van der Waals surface area contributed by atoms with Crippen molar-refractivity contribution in [3.63, 3.8) is 0 Å². The smallest absolute Gasteiger partial charge is 0.265 e. The van der Waals surface area contributed by atoms with Crippen molar-refractivity contribution in [3.8, 4) is 11.3 Å². The van der Waals surface area contributed by atoms with Crippen molar-refractivity contribution < 1.29 is 4.79 Å². The Morgan fingerprint density at radius 3 is 2.60 bits per heavy atom. The van der Waals surface area contributed by atoms with Gasteiger partial charge in [0.1, 0.15) is 10.6 Å². The normalized spacial score (nSPS) is 11.9. The Morgan fingerprint density at radius 1 is 1.16 bits per heavy atom. The second kappa shape index (κ2) is 8.36. The molecule has 2 aromatic carbocycles. The maximum absolute atomic E-state index is 12.6.